The summed E-state index contributed by atoms with van der Waals surface area (Å²) in [7, 11) is 0. The third-order valence-electron chi connectivity index (χ3n) is 15.0. The van der Waals surface area contributed by atoms with E-state index in [1.165, 1.54) is 61.8 Å². The molecule has 0 bridgehead atoms. The van der Waals surface area contributed by atoms with Crippen molar-refractivity contribution in [3.63, 3.8) is 0 Å². The molecule has 6 aromatic carbocycles. The minimum Gasteiger partial charge on any atom is -0.456 e. The van der Waals surface area contributed by atoms with E-state index < -0.39 is 5.54 Å². The van der Waals surface area contributed by atoms with Gasteiger partial charge in [0.2, 0.25) is 6.71 Å². The standard InChI is InChI=1S/C61H62BN3O/c1-58(2,3)40-22-27-43(28-23-40)63(46-32-35-56-49(38-46)48-19-14-15-21-55(48)66-56)47-31-33-50-54(39-47)65(45-17-12-11-13-18-45)61(10)36-16-20-53-57(61)62(50)51-37-42(60(7,8)9)26-34-52(51)64(53)44-29-24-41(25-30-44)59(4,5)6/h11-22,24-27,29-39,57H,23,28H2,1-10H3. The SMILES string of the molecule is CC(C)(C)C1=CC=C(N(c2ccc3c(c2)N(c2ccccc2)C2(C)C=CC=C4C2B3c2cc(C(C)(C)C)ccc2N4c2ccc(C(C)(C)C)cc2)c2ccc3oc4ccccc4c3c2)CC1. The van der Waals surface area contributed by atoms with E-state index in [0.717, 1.165) is 46.2 Å². The normalized spacial score (nSPS) is 19.3. The van der Waals surface area contributed by atoms with Crippen LogP contribution in [0.1, 0.15) is 93.2 Å². The average Bonchev–Trinajstić information content (AvgIpc) is 3.66. The number of fused-ring (bicyclic) bond motifs is 7. The lowest BCUT2D eigenvalue weighted by Gasteiger charge is -2.58. The second-order valence-electron chi connectivity index (χ2n) is 22.4. The molecule has 1 aromatic heterocycles. The number of nitrogens with zero attached hydrogens (tertiary/aromatic N) is 3. The summed E-state index contributed by atoms with van der Waals surface area (Å²) in [5, 5.41) is 2.27. The number of anilines is 6. The molecule has 0 amide bonds. The topological polar surface area (TPSA) is 22.9 Å². The lowest BCUT2D eigenvalue weighted by molar-refractivity contribution is 0.479. The third-order valence-corrected chi connectivity index (χ3v) is 15.0. The highest BCUT2D eigenvalue weighted by molar-refractivity contribution is 6.90. The summed E-state index contributed by atoms with van der Waals surface area (Å²) in [5.74, 6) is 0.112. The van der Waals surface area contributed by atoms with Gasteiger partial charge in [0.15, 0.2) is 0 Å². The molecule has 0 saturated carbocycles. The molecule has 2 aliphatic heterocycles. The van der Waals surface area contributed by atoms with Gasteiger partial charge in [0.1, 0.15) is 11.2 Å². The Bertz CT molecular complexity index is 3180. The molecular formula is C61H62BN3O. The fourth-order valence-corrected chi connectivity index (χ4v) is 11.5. The minimum atomic E-state index is -0.422. The first-order chi connectivity index (χ1) is 31.5. The highest BCUT2D eigenvalue weighted by atomic mass is 16.3. The molecular weight excluding hydrogens is 802 g/mol. The molecule has 2 atom stereocenters. The van der Waals surface area contributed by atoms with Crippen LogP contribution in [0, 0.1) is 5.41 Å². The van der Waals surface area contributed by atoms with Crippen LogP contribution in [0.3, 0.4) is 0 Å². The van der Waals surface area contributed by atoms with Crippen LogP contribution in [0.25, 0.3) is 21.9 Å². The highest BCUT2D eigenvalue weighted by Gasteiger charge is 2.57. The van der Waals surface area contributed by atoms with Gasteiger partial charge in [0.25, 0.3) is 0 Å². The predicted molar refractivity (Wildman–Crippen MR) is 283 cm³/mol. The fourth-order valence-electron chi connectivity index (χ4n) is 11.5. The van der Waals surface area contributed by atoms with E-state index >= 15 is 0 Å². The molecule has 2 unspecified atom stereocenters. The van der Waals surface area contributed by atoms with Gasteiger partial charge in [-0.05, 0) is 137 Å². The van der Waals surface area contributed by atoms with E-state index in [1.54, 1.807) is 0 Å². The van der Waals surface area contributed by atoms with Crippen molar-refractivity contribution in [2.24, 2.45) is 5.41 Å². The van der Waals surface area contributed by atoms with E-state index in [9.17, 15) is 0 Å². The average molecular weight is 864 g/mol. The summed E-state index contributed by atoms with van der Waals surface area (Å²) in [6.45, 7) is 23.5. The summed E-state index contributed by atoms with van der Waals surface area (Å²) in [4.78, 5) is 7.76. The van der Waals surface area contributed by atoms with Crippen molar-refractivity contribution in [2.75, 3.05) is 14.7 Å². The van der Waals surface area contributed by atoms with Crippen LogP contribution < -0.4 is 25.6 Å². The van der Waals surface area contributed by atoms with Crippen molar-refractivity contribution >= 4 is 73.7 Å². The van der Waals surface area contributed by atoms with Crippen molar-refractivity contribution in [3.05, 3.63) is 192 Å². The summed E-state index contributed by atoms with van der Waals surface area (Å²) < 4.78 is 6.38. The molecule has 2 aliphatic carbocycles. The second kappa shape index (κ2) is 15.0. The Kier molecular flexibility index (Phi) is 9.61. The predicted octanol–water partition coefficient (Wildman–Crippen LogP) is 15.5. The van der Waals surface area contributed by atoms with Crippen molar-refractivity contribution in [3.8, 4) is 0 Å². The van der Waals surface area contributed by atoms with Crippen LogP contribution in [-0.2, 0) is 10.8 Å². The Morgan fingerprint density at radius 3 is 1.97 bits per heavy atom. The van der Waals surface area contributed by atoms with Crippen molar-refractivity contribution in [1.29, 1.82) is 0 Å². The van der Waals surface area contributed by atoms with E-state index in [-0.39, 0.29) is 28.8 Å². The Balaban J connectivity index is 1.16. The Morgan fingerprint density at radius 2 is 1.26 bits per heavy atom. The first-order valence-corrected chi connectivity index (χ1v) is 24.0. The van der Waals surface area contributed by atoms with Gasteiger partial charge in [0.05, 0.1) is 5.54 Å². The van der Waals surface area contributed by atoms with E-state index in [1.807, 2.05) is 0 Å². The Hall–Kier alpha value is -6.46. The van der Waals surface area contributed by atoms with Crippen LogP contribution in [0.4, 0.5) is 34.1 Å². The van der Waals surface area contributed by atoms with Crippen LogP contribution in [0.15, 0.2) is 185 Å². The van der Waals surface area contributed by atoms with Gasteiger partial charge in [-0.15, -0.1) is 0 Å². The lowest BCUT2D eigenvalue weighted by atomic mass is 9.26. The van der Waals surface area contributed by atoms with Gasteiger partial charge in [-0.25, -0.2) is 0 Å². The molecule has 4 aliphatic rings. The van der Waals surface area contributed by atoms with Gasteiger partial charge in [0, 0.05) is 62.1 Å². The smallest absolute Gasteiger partial charge is 0.226 e. The minimum absolute atomic E-state index is 0.0194. The molecule has 11 rings (SSSR count). The van der Waals surface area contributed by atoms with Crippen LogP contribution in [0.2, 0.25) is 5.82 Å². The molecule has 5 heteroatoms. The van der Waals surface area contributed by atoms with Gasteiger partial charge < -0.3 is 19.1 Å². The van der Waals surface area contributed by atoms with Gasteiger partial charge in [-0.1, -0.05) is 153 Å². The molecule has 0 spiro atoms. The highest BCUT2D eigenvalue weighted by Crippen LogP contribution is 2.56. The monoisotopic (exact) mass is 863 g/mol. The summed E-state index contributed by atoms with van der Waals surface area (Å²) >= 11 is 0. The molecule has 4 nitrogen and oxygen atoms in total. The molecule has 330 valence electrons. The molecule has 66 heavy (non-hydrogen) atoms. The molecule has 0 radical (unpaired) electrons. The molecule has 3 heterocycles. The largest absolute Gasteiger partial charge is 0.456 e. The quantitative estimate of drug-likeness (QED) is 0.161. The Labute approximate surface area is 392 Å². The van der Waals surface area contributed by atoms with Crippen molar-refractivity contribution in [1.82, 2.24) is 0 Å². The molecule has 0 N–H and O–H groups in total. The molecule has 7 aromatic rings. The first kappa shape index (κ1) is 42.2. The summed E-state index contributed by atoms with van der Waals surface area (Å²) in [5.41, 5.74) is 18.3. The van der Waals surface area contributed by atoms with Crippen LogP contribution >= 0.6 is 0 Å². The number of para-hydroxylation sites is 2. The van der Waals surface area contributed by atoms with E-state index in [0.29, 0.717) is 0 Å². The third kappa shape index (κ3) is 6.80. The van der Waals surface area contributed by atoms with Gasteiger partial charge in [-0.2, -0.15) is 0 Å². The number of allylic oxidation sites excluding steroid dienone is 6. The number of hydrogen-bond acceptors (Lipinski definition) is 4. The maximum absolute atomic E-state index is 6.38. The zero-order valence-electron chi connectivity index (χ0n) is 40.4. The van der Waals surface area contributed by atoms with Crippen molar-refractivity contribution in [2.45, 2.75) is 104 Å². The van der Waals surface area contributed by atoms with Crippen LogP contribution in [0.5, 0.6) is 0 Å². The lowest BCUT2D eigenvalue weighted by Crippen LogP contribution is -2.67. The van der Waals surface area contributed by atoms with Gasteiger partial charge >= 0.3 is 0 Å². The number of furan rings is 1. The summed E-state index contributed by atoms with van der Waals surface area (Å²) in [6, 6.07) is 50.3. The zero-order valence-corrected chi connectivity index (χ0v) is 40.4. The number of rotatable bonds is 5. The second-order valence-corrected chi connectivity index (χ2v) is 22.4. The number of hydrogen-bond donors (Lipinski definition) is 0. The summed E-state index contributed by atoms with van der Waals surface area (Å²) in [6.07, 6.45) is 13.9. The number of benzene rings is 6. The maximum atomic E-state index is 6.38. The zero-order chi connectivity index (χ0) is 45.9. The Morgan fingerprint density at radius 1 is 0.576 bits per heavy atom. The maximum Gasteiger partial charge on any atom is 0.226 e. The van der Waals surface area contributed by atoms with Crippen molar-refractivity contribution < 1.29 is 4.42 Å². The molecule has 0 saturated heterocycles. The van der Waals surface area contributed by atoms with E-state index in [2.05, 4.69) is 248 Å². The van der Waals surface area contributed by atoms with E-state index in [4.69, 9.17) is 4.42 Å². The van der Waals surface area contributed by atoms with Gasteiger partial charge in [-0.3, -0.25) is 0 Å². The fraction of sp³-hybridized carbons (Fsp3) is 0.279. The van der Waals surface area contributed by atoms with Crippen LogP contribution in [-0.4, -0.2) is 12.3 Å². The molecule has 0 fully saturated rings. The first-order valence-electron chi connectivity index (χ1n) is 24.0.